The van der Waals surface area contributed by atoms with E-state index in [2.05, 4.69) is 26.0 Å². The first-order valence-corrected chi connectivity index (χ1v) is 12.4. The van der Waals surface area contributed by atoms with E-state index < -0.39 is 5.92 Å². The van der Waals surface area contributed by atoms with Gasteiger partial charge in [-0.3, -0.25) is 4.79 Å². The minimum absolute atomic E-state index is 0.00322. The molecule has 1 aliphatic carbocycles. The number of ether oxygens (including phenoxy) is 2. The number of nitriles is 2. The molecular formula is C29H29ClN4O3. The highest BCUT2D eigenvalue weighted by Crippen LogP contribution is 2.49. The van der Waals surface area contributed by atoms with E-state index >= 15 is 0 Å². The van der Waals surface area contributed by atoms with Gasteiger partial charge >= 0.3 is 0 Å². The van der Waals surface area contributed by atoms with Crippen molar-refractivity contribution < 1.29 is 14.3 Å². The summed E-state index contributed by atoms with van der Waals surface area (Å²) >= 11 is 6.62. The zero-order chi connectivity index (χ0) is 26.7. The van der Waals surface area contributed by atoms with Crippen LogP contribution in [0.5, 0.6) is 5.75 Å². The van der Waals surface area contributed by atoms with E-state index in [1.165, 1.54) is 0 Å². The summed E-state index contributed by atoms with van der Waals surface area (Å²) in [6.07, 6.45) is 1.03. The van der Waals surface area contributed by atoms with E-state index in [9.17, 15) is 15.3 Å². The first kappa shape index (κ1) is 26.3. The fourth-order valence-electron chi connectivity index (χ4n) is 5.07. The van der Waals surface area contributed by atoms with E-state index in [4.69, 9.17) is 26.8 Å². The molecule has 0 saturated carbocycles. The summed E-state index contributed by atoms with van der Waals surface area (Å²) in [5.41, 5.74) is 10.0. The van der Waals surface area contributed by atoms with Gasteiger partial charge in [-0.2, -0.15) is 10.5 Å². The van der Waals surface area contributed by atoms with Gasteiger partial charge in [0.15, 0.2) is 5.78 Å². The highest BCUT2D eigenvalue weighted by atomic mass is 35.5. The molecule has 0 bridgehead atoms. The van der Waals surface area contributed by atoms with Crippen molar-refractivity contribution in [2.24, 2.45) is 11.1 Å². The lowest BCUT2D eigenvalue weighted by Crippen LogP contribution is -2.43. The van der Waals surface area contributed by atoms with Crippen LogP contribution in [0.25, 0.3) is 0 Å². The number of nitrogens with zero attached hydrogens (tertiary/aromatic N) is 3. The van der Waals surface area contributed by atoms with Crippen LogP contribution in [-0.4, -0.2) is 30.9 Å². The predicted octanol–water partition coefficient (Wildman–Crippen LogP) is 5.17. The number of hydrogen-bond acceptors (Lipinski definition) is 7. The molecule has 0 unspecified atom stereocenters. The molecule has 0 aromatic heterocycles. The van der Waals surface area contributed by atoms with Gasteiger partial charge in [0.25, 0.3) is 0 Å². The molecule has 0 radical (unpaired) electrons. The lowest BCUT2D eigenvalue weighted by atomic mass is 9.68. The molecule has 0 fully saturated rings. The number of nitrogens with two attached hydrogens (primary N) is 1. The fourth-order valence-corrected chi connectivity index (χ4v) is 5.31. The molecule has 1 atom stereocenters. The fraction of sp³-hybridized carbons (Fsp3) is 0.345. The number of Topliss-reactive ketones (excluding diaryl/α,β-unsaturated/α-hetero) is 1. The zero-order valence-electron chi connectivity index (χ0n) is 21.2. The van der Waals surface area contributed by atoms with Crippen LogP contribution in [0.3, 0.4) is 0 Å². The highest BCUT2D eigenvalue weighted by molar-refractivity contribution is 6.32. The van der Waals surface area contributed by atoms with E-state index in [-0.39, 0.29) is 17.8 Å². The van der Waals surface area contributed by atoms with Crippen LogP contribution in [0.15, 0.2) is 65.1 Å². The first-order chi connectivity index (χ1) is 17.7. The third-order valence-electron chi connectivity index (χ3n) is 6.82. The monoisotopic (exact) mass is 516 g/mol. The number of hydrogen-bond donors (Lipinski definition) is 1. The van der Waals surface area contributed by atoms with Gasteiger partial charge in [0, 0.05) is 36.9 Å². The average molecular weight is 517 g/mol. The zero-order valence-corrected chi connectivity index (χ0v) is 21.9. The Morgan fingerprint density at radius 1 is 1.16 bits per heavy atom. The molecule has 0 amide bonds. The Kier molecular flexibility index (Phi) is 7.59. The molecule has 37 heavy (non-hydrogen) atoms. The molecule has 8 heteroatoms. The van der Waals surface area contributed by atoms with Crippen molar-refractivity contribution in [3.8, 4) is 17.9 Å². The molecule has 2 aromatic carbocycles. The van der Waals surface area contributed by atoms with Gasteiger partial charge in [0.2, 0.25) is 0 Å². The molecule has 0 saturated heterocycles. The molecule has 2 N–H and O–H groups in total. The molecule has 1 heterocycles. The number of ketones is 1. The quantitative estimate of drug-likeness (QED) is 0.539. The van der Waals surface area contributed by atoms with Crippen molar-refractivity contribution in [3.05, 3.63) is 86.8 Å². The maximum absolute atomic E-state index is 13.5. The van der Waals surface area contributed by atoms with Crippen LogP contribution in [0.4, 0.5) is 0 Å². The van der Waals surface area contributed by atoms with Gasteiger partial charge < -0.3 is 20.1 Å². The minimum atomic E-state index is -0.617. The standard InChI is InChI=1S/C29H29ClN4O3/c1-29(2)13-23-27(24(35)14-29)26(21(16-32)28(33)34(23)10-11-36-3)18-8-9-25(22(30)12-18)37-17-20-7-5-4-6-19(20)15-31/h4-9,12,26H,10-11,13-14,17,33H2,1-3H3/t26-/m0/s1. The van der Waals surface area contributed by atoms with Gasteiger partial charge in [-0.1, -0.05) is 49.7 Å². The molecule has 2 aromatic rings. The molecule has 4 rings (SSSR count). The highest BCUT2D eigenvalue weighted by Gasteiger charge is 2.44. The summed E-state index contributed by atoms with van der Waals surface area (Å²) in [5.74, 6) is 0.159. The lowest BCUT2D eigenvalue weighted by Gasteiger charge is -2.43. The summed E-state index contributed by atoms with van der Waals surface area (Å²) < 4.78 is 11.2. The van der Waals surface area contributed by atoms with Crippen LogP contribution >= 0.6 is 11.6 Å². The van der Waals surface area contributed by atoms with Crippen molar-refractivity contribution in [2.75, 3.05) is 20.3 Å². The van der Waals surface area contributed by atoms with Gasteiger partial charge in [0.1, 0.15) is 18.2 Å². The predicted molar refractivity (Wildman–Crippen MR) is 140 cm³/mol. The second-order valence-corrected chi connectivity index (χ2v) is 10.4. The summed E-state index contributed by atoms with van der Waals surface area (Å²) in [6.45, 7) is 5.15. The van der Waals surface area contributed by atoms with Crippen molar-refractivity contribution in [3.63, 3.8) is 0 Å². The Morgan fingerprint density at radius 2 is 1.92 bits per heavy atom. The van der Waals surface area contributed by atoms with Crippen molar-refractivity contribution >= 4 is 17.4 Å². The maximum atomic E-state index is 13.5. The van der Waals surface area contributed by atoms with Gasteiger partial charge in [-0.05, 0) is 35.6 Å². The Morgan fingerprint density at radius 3 is 2.59 bits per heavy atom. The normalized spacial score (nSPS) is 18.8. The van der Waals surface area contributed by atoms with Gasteiger partial charge in [0.05, 0.1) is 40.8 Å². The number of rotatable bonds is 7. The number of allylic oxidation sites excluding steroid dienone is 3. The third kappa shape index (κ3) is 5.20. The molecule has 1 aliphatic heterocycles. The topological polar surface area (TPSA) is 112 Å². The SMILES string of the molecule is COCCN1C(N)=C(C#N)[C@H](c2ccc(OCc3ccccc3C#N)c(Cl)c2)C2=C1CC(C)(C)CC2=O. The number of halogens is 1. The second kappa shape index (κ2) is 10.7. The van der Waals surface area contributed by atoms with Crippen LogP contribution in [-0.2, 0) is 16.1 Å². The van der Waals surface area contributed by atoms with Gasteiger partial charge in [-0.25, -0.2) is 0 Å². The van der Waals surface area contributed by atoms with E-state index in [1.54, 1.807) is 31.4 Å². The largest absolute Gasteiger partial charge is 0.487 e. The van der Waals surface area contributed by atoms with Crippen LogP contribution in [0.1, 0.15) is 49.3 Å². The smallest absolute Gasteiger partial charge is 0.162 e. The Balaban J connectivity index is 1.72. The Bertz CT molecular complexity index is 1380. The molecule has 190 valence electrons. The molecule has 2 aliphatic rings. The average Bonchev–Trinajstić information content (AvgIpc) is 2.86. The summed E-state index contributed by atoms with van der Waals surface area (Å²) in [5, 5.41) is 19.8. The second-order valence-electron chi connectivity index (χ2n) is 10.0. The molecule has 0 spiro atoms. The Labute approximate surface area is 222 Å². The van der Waals surface area contributed by atoms with Crippen molar-refractivity contribution in [2.45, 2.75) is 39.2 Å². The minimum Gasteiger partial charge on any atom is -0.487 e. The summed E-state index contributed by atoms with van der Waals surface area (Å²) in [4.78, 5) is 15.4. The third-order valence-corrected chi connectivity index (χ3v) is 7.11. The first-order valence-electron chi connectivity index (χ1n) is 12.0. The molecular weight excluding hydrogens is 488 g/mol. The van der Waals surface area contributed by atoms with Crippen LogP contribution in [0.2, 0.25) is 5.02 Å². The number of benzene rings is 2. The number of carbonyl (C=O) groups is 1. The maximum Gasteiger partial charge on any atom is 0.162 e. The molecule has 7 nitrogen and oxygen atoms in total. The number of methoxy groups -OCH3 is 1. The van der Waals surface area contributed by atoms with Crippen LogP contribution in [0, 0.1) is 28.1 Å². The van der Waals surface area contributed by atoms with E-state index in [0.29, 0.717) is 64.9 Å². The van der Waals surface area contributed by atoms with Crippen LogP contribution < -0.4 is 10.5 Å². The summed E-state index contributed by atoms with van der Waals surface area (Å²) in [6, 6.07) is 16.9. The van der Waals surface area contributed by atoms with Gasteiger partial charge in [-0.15, -0.1) is 0 Å². The lowest BCUT2D eigenvalue weighted by molar-refractivity contribution is -0.118. The van der Waals surface area contributed by atoms with E-state index in [0.717, 1.165) is 11.3 Å². The Hall–Kier alpha value is -3.78. The number of carbonyl (C=O) groups excluding carboxylic acids is 1. The van der Waals surface area contributed by atoms with Crippen molar-refractivity contribution in [1.29, 1.82) is 10.5 Å². The van der Waals surface area contributed by atoms with E-state index in [1.807, 2.05) is 23.1 Å². The van der Waals surface area contributed by atoms with Crippen molar-refractivity contribution in [1.82, 2.24) is 4.90 Å². The summed E-state index contributed by atoms with van der Waals surface area (Å²) in [7, 11) is 1.60.